The van der Waals surface area contributed by atoms with Gasteiger partial charge in [0.1, 0.15) is 11.5 Å². The van der Waals surface area contributed by atoms with Gasteiger partial charge in [-0.1, -0.05) is 12.1 Å². The lowest BCUT2D eigenvalue weighted by Crippen LogP contribution is -2.32. The Kier molecular flexibility index (Phi) is 5.30. The van der Waals surface area contributed by atoms with Crippen molar-refractivity contribution in [1.82, 2.24) is 5.43 Å². The number of amides is 2. The summed E-state index contributed by atoms with van der Waals surface area (Å²) >= 11 is 0. The maximum absolute atomic E-state index is 11.7. The van der Waals surface area contributed by atoms with E-state index in [0.717, 1.165) is 0 Å². The predicted octanol–water partition coefficient (Wildman–Crippen LogP) is 1.49. The predicted molar refractivity (Wildman–Crippen MR) is 85.5 cm³/mol. The number of anilines is 1. The van der Waals surface area contributed by atoms with Crippen LogP contribution < -0.4 is 15.5 Å². The molecule has 7 nitrogen and oxygen atoms in total. The molecule has 0 atom stereocenters. The van der Waals surface area contributed by atoms with Gasteiger partial charge in [0.15, 0.2) is 0 Å². The average Bonchev–Trinajstić information content (AvgIpc) is 2.57. The normalized spacial score (nSPS) is 10.3. The highest BCUT2D eigenvalue weighted by atomic mass is 16.5. The number of nitrogens with one attached hydrogen (secondary N) is 2. The molecule has 0 aliphatic rings. The summed E-state index contributed by atoms with van der Waals surface area (Å²) < 4.78 is 4.99. The standard InChI is InChI=1S/C16H15N3O4/c1-23-13-8-6-12(7-9-13)18-15(21)16(22)19-17-10-11-4-2-3-5-14(11)20/h2-10,20H,1H3,(H,18,21)(H,19,22)/b17-10-. The lowest BCUT2D eigenvalue weighted by Gasteiger charge is -2.05. The second-order valence-corrected chi connectivity index (χ2v) is 4.44. The third-order valence-electron chi connectivity index (χ3n) is 2.86. The fourth-order valence-corrected chi connectivity index (χ4v) is 1.67. The monoisotopic (exact) mass is 313 g/mol. The fourth-order valence-electron chi connectivity index (χ4n) is 1.67. The minimum absolute atomic E-state index is 0.0215. The summed E-state index contributed by atoms with van der Waals surface area (Å²) in [5.74, 6) is -1.12. The first-order valence-corrected chi connectivity index (χ1v) is 6.66. The number of ether oxygens (including phenoxy) is 1. The number of carbonyl (C=O) groups excluding carboxylic acids is 2. The van der Waals surface area contributed by atoms with E-state index < -0.39 is 11.8 Å². The molecule has 0 unspecified atom stereocenters. The van der Waals surface area contributed by atoms with Gasteiger partial charge < -0.3 is 15.2 Å². The third kappa shape index (κ3) is 4.57. The maximum atomic E-state index is 11.7. The van der Waals surface area contributed by atoms with Crippen molar-refractivity contribution in [3.63, 3.8) is 0 Å². The Morgan fingerprint density at radius 3 is 2.43 bits per heavy atom. The van der Waals surface area contributed by atoms with Crippen molar-refractivity contribution in [2.75, 3.05) is 12.4 Å². The highest BCUT2D eigenvalue weighted by Gasteiger charge is 2.12. The van der Waals surface area contributed by atoms with Crippen molar-refractivity contribution in [2.24, 2.45) is 5.10 Å². The van der Waals surface area contributed by atoms with Crippen LogP contribution in [0.15, 0.2) is 53.6 Å². The van der Waals surface area contributed by atoms with Crippen molar-refractivity contribution in [1.29, 1.82) is 0 Å². The summed E-state index contributed by atoms with van der Waals surface area (Å²) in [6.07, 6.45) is 1.24. The van der Waals surface area contributed by atoms with Crippen LogP contribution in [0.5, 0.6) is 11.5 Å². The number of rotatable bonds is 4. The van der Waals surface area contributed by atoms with E-state index in [1.165, 1.54) is 19.4 Å². The Balaban J connectivity index is 1.89. The molecule has 2 rings (SSSR count). The molecule has 0 heterocycles. The largest absolute Gasteiger partial charge is 0.507 e. The first-order chi connectivity index (χ1) is 11.1. The number of phenolic OH excluding ortho intramolecular Hbond substituents is 1. The van der Waals surface area contributed by atoms with Crippen molar-refractivity contribution in [3.05, 3.63) is 54.1 Å². The summed E-state index contributed by atoms with van der Waals surface area (Å²) in [5, 5.41) is 15.6. The molecule has 0 aromatic heterocycles. The lowest BCUT2D eigenvalue weighted by atomic mass is 10.2. The third-order valence-corrected chi connectivity index (χ3v) is 2.86. The zero-order chi connectivity index (χ0) is 16.7. The second-order valence-electron chi connectivity index (χ2n) is 4.44. The Hall–Kier alpha value is -3.35. The highest BCUT2D eigenvalue weighted by Crippen LogP contribution is 2.15. The first-order valence-electron chi connectivity index (χ1n) is 6.66. The minimum Gasteiger partial charge on any atom is -0.507 e. The summed E-state index contributed by atoms with van der Waals surface area (Å²) in [6.45, 7) is 0. The second kappa shape index (κ2) is 7.60. The van der Waals surface area contributed by atoms with Gasteiger partial charge >= 0.3 is 11.8 Å². The molecule has 0 fully saturated rings. The average molecular weight is 313 g/mol. The molecule has 0 aliphatic carbocycles. The van der Waals surface area contributed by atoms with E-state index in [1.807, 2.05) is 0 Å². The van der Waals surface area contributed by atoms with Gasteiger partial charge in [-0.15, -0.1) is 0 Å². The van der Waals surface area contributed by atoms with E-state index in [1.54, 1.807) is 42.5 Å². The molecular formula is C16H15N3O4. The number of hydrogen-bond acceptors (Lipinski definition) is 5. The number of hydrazone groups is 1. The molecule has 7 heteroatoms. The summed E-state index contributed by atoms with van der Waals surface area (Å²) in [7, 11) is 1.53. The van der Waals surface area contributed by atoms with Crippen molar-refractivity contribution in [2.45, 2.75) is 0 Å². The summed E-state index contributed by atoms with van der Waals surface area (Å²) in [5.41, 5.74) is 2.96. The van der Waals surface area contributed by atoms with Gasteiger partial charge in [-0.2, -0.15) is 5.10 Å². The van der Waals surface area contributed by atoms with Crippen molar-refractivity contribution in [3.8, 4) is 11.5 Å². The van der Waals surface area contributed by atoms with Gasteiger partial charge in [-0.3, -0.25) is 9.59 Å². The number of methoxy groups -OCH3 is 1. The van der Waals surface area contributed by atoms with E-state index in [4.69, 9.17) is 4.74 Å². The van der Waals surface area contributed by atoms with Gasteiger partial charge in [0.05, 0.1) is 13.3 Å². The van der Waals surface area contributed by atoms with Crippen LogP contribution >= 0.6 is 0 Å². The number of carbonyl (C=O) groups is 2. The molecule has 0 aliphatic heterocycles. The molecule has 0 saturated heterocycles. The number of hydrogen-bond donors (Lipinski definition) is 3. The van der Waals surface area contributed by atoms with Crippen LogP contribution in [-0.2, 0) is 9.59 Å². The topological polar surface area (TPSA) is 100 Å². The van der Waals surface area contributed by atoms with Gasteiger partial charge in [0.2, 0.25) is 0 Å². The molecule has 0 bridgehead atoms. The quantitative estimate of drug-likeness (QED) is 0.452. The highest BCUT2D eigenvalue weighted by molar-refractivity contribution is 6.39. The molecule has 2 aromatic carbocycles. The molecule has 3 N–H and O–H groups in total. The van der Waals surface area contributed by atoms with Crippen LogP contribution in [0.25, 0.3) is 0 Å². The molecular weight excluding hydrogens is 298 g/mol. The summed E-state index contributed by atoms with van der Waals surface area (Å²) in [4.78, 5) is 23.3. The van der Waals surface area contributed by atoms with E-state index in [2.05, 4.69) is 15.8 Å². The zero-order valence-electron chi connectivity index (χ0n) is 12.3. The molecule has 118 valence electrons. The number of para-hydroxylation sites is 1. The maximum Gasteiger partial charge on any atom is 0.329 e. The van der Waals surface area contributed by atoms with Crippen LogP contribution in [0.4, 0.5) is 5.69 Å². The number of aromatic hydroxyl groups is 1. The molecule has 0 saturated carbocycles. The number of phenols is 1. The molecule has 0 radical (unpaired) electrons. The van der Waals surface area contributed by atoms with E-state index in [9.17, 15) is 14.7 Å². The molecule has 2 aromatic rings. The lowest BCUT2D eigenvalue weighted by molar-refractivity contribution is -0.136. The van der Waals surface area contributed by atoms with Crippen molar-refractivity contribution < 1.29 is 19.4 Å². The minimum atomic E-state index is -0.924. The fraction of sp³-hybridized carbons (Fsp3) is 0.0625. The van der Waals surface area contributed by atoms with E-state index in [-0.39, 0.29) is 5.75 Å². The summed E-state index contributed by atoms with van der Waals surface area (Å²) in [6, 6.07) is 13.0. The Labute approximate surface area is 132 Å². The SMILES string of the molecule is COc1ccc(NC(=O)C(=O)N/N=C\c2ccccc2O)cc1. The van der Waals surface area contributed by atoms with E-state index in [0.29, 0.717) is 17.0 Å². The van der Waals surface area contributed by atoms with E-state index >= 15 is 0 Å². The van der Waals surface area contributed by atoms with Crippen LogP contribution in [0, 0.1) is 0 Å². The van der Waals surface area contributed by atoms with Crippen molar-refractivity contribution >= 4 is 23.7 Å². The van der Waals surface area contributed by atoms with Crippen LogP contribution in [-0.4, -0.2) is 30.2 Å². The van der Waals surface area contributed by atoms with Crippen LogP contribution in [0.3, 0.4) is 0 Å². The Morgan fingerprint density at radius 1 is 1.09 bits per heavy atom. The van der Waals surface area contributed by atoms with Gasteiger partial charge in [-0.25, -0.2) is 5.43 Å². The molecule has 23 heavy (non-hydrogen) atoms. The van der Waals surface area contributed by atoms with Crippen LogP contribution in [0.1, 0.15) is 5.56 Å². The van der Waals surface area contributed by atoms with Gasteiger partial charge in [-0.05, 0) is 36.4 Å². The number of nitrogens with zero attached hydrogens (tertiary/aromatic N) is 1. The Morgan fingerprint density at radius 2 is 1.78 bits per heavy atom. The van der Waals surface area contributed by atoms with Crippen LogP contribution in [0.2, 0.25) is 0 Å². The Bertz CT molecular complexity index is 726. The smallest absolute Gasteiger partial charge is 0.329 e. The first kappa shape index (κ1) is 16.0. The zero-order valence-corrected chi connectivity index (χ0v) is 12.3. The molecule has 2 amide bonds. The van der Waals surface area contributed by atoms with Gasteiger partial charge in [0.25, 0.3) is 0 Å². The number of benzene rings is 2. The molecule has 0 spiro atoms. The van der Waals surface area contributed by atoms with Gasteiger partial charge in [0, 0.05) is 11.3 Å².